The minimum Gasteiger partial charge on any atom is -0.399 e. The van der Waals surface area contributed by atoms with Crippen molar-refractivity contribution < 1.29 is 4.79 Å². The molecule has 3 nitrogen and oxygen atoms in total. The summed E-state index contributed by atoms with van der Waals surface area (Å²) in [5.41, 5.74) is 6.93. The van der Waals surface area contributed by atoms with Crippen molar-refractivity contribution in [2.24, 2.45) is 0 Å². The molecular weight excluding hydrogens is 220 g/mol. The highest BCUT2D eigenvalue weighted by molar-refractivity contribution is 7.98. The van der Waals surface area contributed by atoms with Crippen LogP contribution in [0, 0.1) is 0 Å². The molecular formula is C12H18N2OS. The van der Waals surface area contributed by atoms with Gasteiger partial charge in [0.15, 0.2) is 0 Å². The fourth-order valence-corrected chi connectivity index (χ4v) is 2.13. The number of nitrogens with two attached hydrogens (primary N) is 1. The number of benzene rings is 1. The highest BCUT2D eigenvalue weighted by Crippen LogP contribution is 2.12. The summed E-state index contributed by atoms with van der Waals surface area (Å²) in [6.07, 6.45) is 2.04. The molecule has 0 aliphatic heterocycles. The van der Waals surface area contributed by atoms with Crippen LogP contribution >= 0.6 is 11.8 Å². The fraction of sp³-hybridized carbons (Fsp3) is 0.417. The van der Waals surface area contributed by atoms with Crippen molar-refractivity contribution in [3.63, 3.8) is 0 Å². The molecule has 1 aromatic carbocycles. The Bertz CT molecular complexity index is 368. The summed E-state index contributed by atoms with van der Waals surface area (Å²) in [5.74, 6) is 0.957. The lowest BCUT2D eigenvalue weighted by Crippen LogP contribution is -2.36. The lowest BCUT2D eigenvalue weighted by atomic mass is 10.1. The van der Waals surface area contributed by atoms with Gasteiger partial charge in [0.25, 0.3) is 5.91 Å². The van der Waals surface area contributed by atoms with E-state index in [0.29, 0.717) is 11.3 Å². The van der Waals surface area contributed by atoms with Crippen LogP contribution in [-0.2, 0) is 0 Å². The van der Waals surface area contributed by atoms with Gasteiger partial charge in [0.1, 0.15) is 0 Å². The Morgan fingerprint density at radius 1 is 1.56 bits per heavy atom. The molecule has 0 radical (unpaired) electrons. The molecule has 0 aliphatic carbocycles. The largest absolute Gasteiger partial charge is 0.399 e. The number of amides is 1. The average Bonchev–Trinajstić information content (AvgIpc) is 2.27. The lowest BCUT2D eigenvalue weighted by molar-refractivity contribution is 0.0757. The molecule has 0 aliphatic rings. The van der Waals surface area contributed by atoms with Crippen LogP contribution in [0.4, 0.5) is 5.69 Å². The number of nitrogens with zero attached hydrogens (tertiary/aromatic N) is 1. The number of anilines is 1. The molecule has 0 heterocycles. The van der Waals surface area contributed by atoms with Crippen molar-refractivity contribution in [1.82, 2.24) is 4.90 Å². The monoisotopic (exact) mass is 238 g/mol. The van der Waals surface area contributed by atoms with E-state index in [4.69, 9.17) is 5.73 Å². The second-order valence-electron chi connectivity index (χ2n) is 3.85. The summed E-state index contributed by atoms with van der Waals surface area (Å²) in [5, 5.41) is 0. The number of hydrogen-bond acceptors (Lipinski definition) is 3. The van der Waals surface area contributed by atoms with Crippen LogP contribution in [0.3, 0.4) is 0 Å². The van der Waals surface area contributed by atoms with E-state index in [1.54, 1.807) is 40.9 Å². The Kier molecular flexibility index (Phi) is 4.68. The normalized spacial score (nSPS) is 12.2. The minimum absolute atomic E-state index is 0.0221. The maximum absolute atomic E-state index is 12.1. The van der Waals surface area contributed by atoms with Gasteiger partial charge in [0, 0.05) is 30.1 Å². The molecule has 1 atom stereocenters. The van der Waals surface area contributed by atoms with Gasteiger partial charge in [-0.25, -0.2) is 0 Å². The van der Waals surface area contributed by atoms with Crippen LogP contribution < -0.4 is 5.73 Å². The molecule has 2 N–H and O–H groups in total. The molecule has 1 unspecified atom stereocenters. The van der Waals surface area contributed by atoms with Crippen molar-refractivity contribution >= 4 is 23.4 Å². The summed E-state index contributed by atoms with van der Waals surface area (Å²) in [6, 6.07) is 7.31. The van der Waals surface area contributed by atoms with Gasteiger partial charge in [-0.2, -0.15) is 11.8 Å². The second-order valence-corrected chi connectivity index (χ2v) is 4.76. The van der Waals surface area contributed by atoms with Crippen LogP contribution in [0.2, 0.25) is 0 Å². The molecule has 0 bridgehead atoms. The molecule has 4 heteroatoms. The molecule has 0 fully saturated rings. The number of hydrogen-bond donors (Lipinski definition) is 1. The van der Waals surface area contributed by atoms with E-state index >= 15 is 0 Å². The second kappa shape index (κ2) is 5.80. The Labute approximate surface area is 101 Å². The van der Waals surface area contributed by atoms with Gasteiger partial charge in [-0.1, -0.05) is 6.07 Å². The lowest BCUT2D eigenvalue weighted by Gasteiger charge is -2.24. The number of nitrogen functional groups attached to an aromatic ring is 1. The Morgan fingerprint density at radius 2 is 2.25 bits per heavy atom. The van der Waals surface area contributed by atoms with Crippen LogP contribution in [0.25, 0.3) is 0 Å². The average molecular weight is 238 g/mol. The standard InChI is InChI=1S/C12H18N2OS/c1-9(8-16-3)14(2)12(15)10-5-4-6-11(13)7-10/h4-7,9H,8,13H2,1-3H3. The molecule has 88 valence electrons. The highest BCUT2D eigenvalue weighted by Gasteiger charge is 2.16. The van der Waals surface area contributed by atoms with Crippen molar-refractivity contribution in [3.05, 3.63) is 29.8 Å². The number of thioether (sulfide) groups is 1. The Morgan fingerprint density at radius 3 is 2.81 bits per heavy atom. The molecule has 0 saturated heterocycles. The maximum atomic E-state index is 12.1. The van der Waals surface area contributed by atoms with Crippen LogP contribution in [-0.4, -0.2) is 35.9 Å². The summed E-state index contributed by atoms with van der Waals surface area (Å²) in [4.78, 5) is 13.8. The van der Waals surface area contributed by atoms with Gasteiger partial charge in [0.05, 0.1) is 0 Å². The summed E-state index contributed by atoms with van der Waals surface area (Å²) < 4.78 is 0. The zero-order valence-corrected chi connectivity index (χ0v) is 10.8. The zero-order chi connectivity index (χ0) is 12.1. The third-order valence-electron chi connectivity index (χ3n) is 2.52. The summed E-state index contributed by atoms with van der Waals surface area (Å²) in [6.45, 7) is 2.04. The first kappa shape index (κ1) is 12.9. The smallest absolute Gasteiger partial charge is 0.253 e. The summed E-state index contributed by atoms with van der Waals surface area (Å²) >= 11 is 1.74. The first-order valence-electron chi connectivity index (χ1n) is 5.18. The van der Waals surface area contributed by atoms with E-state index in [9.17, 15) is 4.79 Å². The highest BCUT2D eigenvalue weighted by atomic mass is 32.2. The van der Waals surface area contributed by atoms with Crippen molar-refractivity contribution in [3.8, 4) is 0 Å². The SMILES string of the molecule is CSCC(C)N(C)C(=O)c1cccc(N)c1. The van der Waals surface area contributed by atoms with Gasteiger partial charge in [-0.05, 0) is 31.4 Å². The van der Waals surface area contributed by atoms with Gasteiger partial charge >= 0.3 is 0 Å². The van der Waals surface area contributed by atoms with Crippen LogP contribution in [0.15, 0.2) is 24.3 Å². The molecule has 0 saturated carbocycles. The number of carbonyl (C=O) groups excluding carboxylic acids is 1. The molecule has 1 rings (SSSR count). The summed E-state index contributed by atoms with van der Waals surface area (Å²) in [7, 11) is 1.83. The first-order valence-corrected chi connectivity index (χ1v) is 6.57. The van der Waals surface area contributed by atoms with E-state index in [1.165, 1.54) is 0 Å². The quantitative estimate of drug-likeness (QED) is 0.817. The van der Waals surface area contributed by atoms with Crippen LogP contribution in [0.1, 0.15) is 17.3 Å². The zero-order valence-electron chi connectivity index (χ0n) is 9.93. The van der Waals surface area contributed by atoms with E-state index < -0.39 is 0 Å². The number of rotatable bonds is 4. The Balaban J connectivity index is 2.77. The van der Waals surface area contributed by atoms with Gasteiger partial charge in [0.2, 0.25) is 0 Å². The van der Waals surface area contributed by atoms with E-state index in [0.717, 1.165) is 5.75 Å². The first-order chi connectivity index (χ1) is 7.56. The van der Waals surface area contributed by atoms with E-state index in [-0.39, 0.29) is 11.9 Å². The molecule has 16 heavy (non-hydrogen) atoms. The van der Waals surface area contributed by atoms with Gasteiger partial charge < -0.3 is 10.6 Å². The van der Waals surface area contributed by atoms with Gasteiger partial charge in [-0.15, -0.1) is 0 Å². The predicted molar refractivity (Wildman–Crippen MR) is 70.8 cm³/mol. The van der Waals surface area contributed by atoms with Crippen molar-refractivity contribution in [2.45, 2.75) is 13.0 Å². The van der Waals surface area contributed by atoms with E-state index in [1.807, 2.05) is 20.2 Å². The topological polar surface area (TPSA) is 46.3 Å². The molecule has 1 amide bonds. The predicted octanol–water partition coefficient (Wildman–Crippen LogP) is 2.09. The Hall–Kier alpha value is -1.16. The molecule has 1 aromatic rings. The minimum atomic E-state index is 0.0221. The van der Waals surface area contributed by atoms with E-state index in [2.05, 4.69) is 0 Å². The third-order valence-corrected chi connectivity index (χ3v) is 3.34. The third kappa shape index (κ3) is 3.17. The molecule has 0 aromatic heterocycles. The number of carbonyl (C=O) groups is 1. The van der Waals surface area contributed by atoms with Crippen molar-refractivity contribution in [1.29, 1.82) is 0 Å². The van der Waals surface area contributed by atoms with Crippen LogP contribution in [0.5, 0.6) is 0 Å². The van der Waals surface area contributed by atoms with Crippen molar-refractivity contribution in [2.75, 3.05) is 24.8 Å². The fourth-order valence-electron chi connectivity index (χ4n) is 1.43. The van der Waals surface area contributed by atoms with Gasteiger partial charge in [-0.3, -0.25) is 4.79 Å². The maximum Gasteiger partial charge on any atom is 0.253 e. The molecule has 0 spiro atoms.